The van der Waals surface area contributed by atoms with Crippen molar-refractivity contribution in [1.29, 1.82) is 0 Å². The van der Waals surface area contributed by atoms with Crippen LogP contribution in [0.5, 0.6) is 0 Å². The molecule has 0 amide bonds. The van der Waals surface area contributed by atoms with Gasteiger partial charge < -0.3 is 0 Å². The van der Waals surface area contributed by atoms with Gasteiger partial charge in [-0.2, -0.15) is 11.8 Å². The van der Waals surface area contributed by atoms with E-state index in [1.807, 2.05) is 0 Å². The molecule has 0 atom stereocenters. The summed E-state index contributed by atoms with van der Waals surface area (Å²) in [4.78, 5) is 0. The maximum Gasteiger partial charge on any atom is -0.00675 e. The van der Waals surface area contributed by atoms with Gasteiger partial charge >= 0.3 is 0 Å². The highest BCUT2D eigenvalue weighted by Gasteiger charge is 1.96. The van der Waals surface area contributed by atoms with E-state index in [9.17, 15) is 0 Å². The number of thioether (sulfide) groups is 1. The summed E-state index contributed by atoms with van der Waals surface area (Å²) >= 11 is 2.17. The number of hydrogen-bond donors (Lipinski definition) is 0. The van der Waals surface area contributed by atoms with Crippen molar-refractivity contribution >= 4 is 11.8 Å². The molecular weight excluding hydrogens is 368 g/mol. The van der Waals surface area contributed by atoms with E-state index >= 15 is 0 Å². The molecule has 0 fully saturated rings. The number of hydrogen-bond acceptors (Lipinski definition) is 1. The van der Waals surface area contributed by atoms with E-state index < -0.39 is 0 Å². The van der Waals surface area contributed by atoms with E-state index in [0.29, 0.717) is 0 Å². The molecule has 0 radical (unpaired) electrons. The Hall–Kier alpha value is 0.350. The Morgan fingerprint density at radius 1 is 0.276 bits per heavy atom. The van der Waals surface area contributed by atoms with Crippen LogP contribution in [0.1, 0.15) is 168 Å². The molecule has 0 N–H and O–H groups in total. The lowest BCUT2D eigenvalue weighted by molar-refractivity contribution is 0.520. The highest BCUT2D eigenvalue weighted by molar-refractivity contribution is 7.99. The predicted octanol–water partition coefficient (Wildman–Crippen LogP) is 11.1. The zero-order valence-electron chi connectivity index (χ0n) is 20.8. The highest BCUT2D eigenvalue weighted by Crippen LogP contribution is 2.15. The second-order valence-corrected chi connectivity index (χ2v) is 10.6. The second-order valence-electron chi connectivity index (χ2n) is 9.39. The van der Waals surface area contributed by atoms with Gasteiger partial charge in [-0.3, -0.25) is 0 Å². The molecule has 0 aromatic heterocycles. The third-order valence-corrected chi connectivity index (χ3v) is 7.44. The molecule has 0 saturated carbocycles. The largest absolute Gasteiger partial charge is 0.162 e. The summed E-state index contributed by atoms with van der Waals surface area (Å²) < 4.78 is 0. The summed E-state index contributed by atoms with van der Waals surface area (Å²) in [5.74, 6) is 2.79. The van der Waals surface area contributed by atoms with Gasteiger partial charge in [-0.25, -0.2) is 0 Å². The van der Waals surface area contributed by atoms with Crippen LogP contribution in [0, 0.1) is 0 Å². The third-order valence-electron chi connectivity index (χ3n) is 6.28. The van der Waals surface area contributed by atoms with Crippen LogP contribution in [0.15, 0.2) is 0 Å². The van der Waals surface area contributed by atoms with Crippen LogP contribution in [0.3, 0.4) is 0 Å². The van der Waals surface area contributed by atoms with Gasteiger partial charge in [0.2, 0.25) is 0 Å². The van der Waals surface area contributed by atoms with Gasteiger partial charge in [0.15, 0.2) is 0 Å². The van der Waals surface area contributed by atoms with E-state index in [1.54, 1.807) is 0 Å². The van der Waals surface area contributed by atoms with Crippen molar-refractivity contribution in [3.05, 3.63) is 0 Å². The van der Waals surface area contributed by atoms with Crippen LogP contribution in [0.2, 0.25) is 0 Å². The molecule has 0 aliphatic rings. The molecule has 0 rings (SSSR count). The smallest absolute Gasteiger partial charge is 0.00675 e. The zero-order chi connectivity index (χ0) is 21.1. The topological polar surface area (TPSA) is 0 Å². The van der Waals surface area contributed by atoms with Gasteiger partial charge in [-0.15, -0.1) is 0 Å². The van der Waals surface area contributed by atoms with Crippen LogP contribution in [-0.2, 0) is 0 Å². The normalized spacial score (nSPS) is 11.4. The molecule has 0 unspecified atom stereocenters. The van der Waals surface area contributed by atoms with Crippen LogP contribution in [-0.4, -0.2) is 11.5 Å². The Kier molecular flexibility index (Phi) is 28.7. The minimum absolute atomic E-state index is 1.35. The van der Waals surface area contributed by atoms with Crippen molar-refractivity contribution in [3.63, 3.8) is 0 Å². The first-order valence-corrected chi connectivity index (χ1v) is 15.1. The molecule has 176 valence electrons. The SMILES string of the molecule is CCCCCCCCCCCCCCCCCCCCCCCCSCCCC. The van der Waals surface area contributed by atoms with Crippen LogP contribution in [0.25, 0.3) is 0 Å². The first kappa shape index (κ1) is 29.4. The molecule has 1 heteroatoms. The van der Waals surface area contributed by atoms with Crippen LogP contribution < -0.4 is 0 Å². The van der Waals surface area contributed by atoms with Crippen molar-refractivity contribution in [2.75, 3.05) is 11.5 Å². The van der Waals surface area contributed by atoms with Crippen molar-refractivity contribution < 1.29 is 0 Å². The monoisotopic (exact) mass is 426 g/mol. The second kappa shape index (κ2) is 28.4. The minimum Gasteiger partial charge on any atom is -0.162 e. The maximum absolute atomic E-state index is 2.30. The zero-order valence-corrected chi connectivity index (χ0v) is 21.6. The quantitative estimate of drug-likeness (QED) is 0.124. The first-order chi connectivity index (χ1) is 14.4. The summed E-state index contributed by atoms with van der Waals surface area (Å²) in [5, 5.41) is 0. The predicted molar refractivity (Wildman–Crippen MR) is 139 cm³/mol. The molecule has 0 spiro atoms. The fourth-order valence-corrected chi connectivity index (χ4v) is 5.27. The average Bonchev–Trinajstić information content (AvgIpc) is 2.74. The summed E-state index contributed by atoms with van der Waals surface area (Å²) in [6, 6.07) is 0. The molecule has 0 aliphatic heterocycles. The first-order valence-electron chi connectivity index (χ1n) is 14.0. The molecule has 0 bridgehead atoms. The fraction of sp³-hybridized carbons (Fsp3) is 1.00. The molecule has 0 heterocycles. The standard InChI is InChI=1S/C28H58S/c1-3-5-7-8-9-10-11-12-13-14-15-16-17-18-19-20-21-22-23-24-25-26-28-29-27-6-4-2/h3-28H2,1-2H3. The summed E-state index contributed by atoms with van der Waals surface area (Å²) in [5.41, 5.74) is 0. The maximum atomic E-state index is 2.30. The van der Waals surface area contributed by atoms with Crippen molar-refractivity contribution in [1.82, 2.24) is 0 Å². The number of rotatable bonds is 26. The Morgan fingerprint density at radius 2 is 0.517 bits per heavy atom. The van der Waals surface area contributed by atoms with E-state index in [4.69, 9.17) is 0 Å². The van der Waals surface area contributed by atoms with E-state index in [0.717, 1.165) is 0 Å². The van der Waals surface area contributed by atoms with Gasteiger partial charge in [0, 0.05) is 0 Å². The van der Waals surface area contributed by atoms with E-state index in [2.05, 4.69) is 25.6 Å². The lowest BCUT2D eigenvalue weighted by atomic mass is 10.0. The molecular formula is C28H58S. The molecule has 0 nitrogen and oxygen atoms in total. The Labute approximate surface area is 191 Å². The van der Waals surface area contributed by atoms with Gasteiger partial charge in [0.05, 0.1) is 0 Å². The van der Waals surface area contributed by atoms with Crippen LogP contribution >= 0.6 is 11.8 Å². The van der Waals surface area contributed by atoms with Crippen molar-refractivity contribution in [2.24, 2.45) is 0 Å². The Morgan fingerprint density at radius 3 is 0.828 bits per heavy atom. The molecule has 0 aromatic carbocycles. The summed E-state index contributed by atoms with van der Waals surface area (Å²) in [7, 11) is 0. The van der Waals surface area contributed by atoms with Gasteiger partial charge in [0.25, 0.3) is 0 Å². The molecule has 0 saturated heterocycles. The van der Waals surface area contributed by atoms with Gasteiger partial charge in [-0.05, 0) is 24.3 Å². The highest BCUT2D eigenvalue weighted by atomic mass is 32.2. The van der Waals surface area contributed by atoms with Gasteiger partial charge in [0.1, 0.15) is 0 Å². The van der Waals surface area contributed by atoms with E-state index in [-0.39, 0.29) is 0 Å². The molecule has 29 heavy (non-hydrogen) atoms. The van der Waals surface area contributed by atoms with Crippen molar-refractivity contribution in [2.45, 2.75) is 168 Å². The average molecular weight is 427 g/mol. The summed E-state index contributed by atoms with van der Waals surface area (Å²) in [6.07, 6.45) is 35.3. The Bertz CT molecular complexity index is 237. The molecule has 0 aromatic rings. The molecule has 0 aliphatic carbocycles. The lowest BCUT2D eigenvalue weighted by Crippen LogP contribution is -1.86. The van der Waals surface area contributed by atoms with Gasteiger partial charge in [-0.1, -0.05) is 155 Å². The van der Waals surface area contributed by atoms with Crippen molar-refractivity contribution in [3.8, 4) is 0 Å². The summed E-state index contributed by atoms with van der Waals surface area (Å²) in [6.45, 7) is 4.60. The fourth-order valence-electron chi connectivity index (χ4n) is 4.16. The Balaban J connectivity index is 2.97. The van der Waals surface area contributed by atoms with E-state index in [1.165, 1.54) is 166 Å². The lowest BCUT2D eigenvalue weighted by Gasteiger charge is -2.04. The van der Waals surface area contributed by atoms with Crippen LogP contribution in [0.4, 0.5) is 0 Å². The minimum atomic E-state index is 1.35. The number of unbranched alkanes of at least 4 members (excludes halogenated alkanes) is 22. The third kappa shape index (κ3) is 28.4.